The van der Waals surface area contributed by atoms with Crippen LogP contribution in [0.15, 0.2) is 6.07 Å². The Morgan fingerprint density at radius 3 is 2.74 bits per heavy atom. The lowest BCUT2D eigenvalue weighted by Gasteiger charge is -2.36. The first-order valence-electron chi connectivity index (χ1n) is 7.20. The number of rotatable bonds is 6. The lowest BCUT2D eigenvalue weighted by Crippen LogP contribution is -2.45. The van der Waals surface area contributed by atoms with E-state index in [1.807, 2.05) is 4.68 Å². The third-order valence-electron chi connectivity index (χ3n) is 3.88. The summed E-state index contributed by atoms with van der Waals surface area (Å²) >= 11 is 0. The molecule has 5 heteroatoms. The quantitative estimate of drug-likeness (QED) is 0.848. The molecular weight excluding hydrogens is 242 g/mol. The zero-order valence-electron chi connectivity index (χ0n) is 12.0. The number of aryl methyl sites for hydroxylation is 2. The molecule has 5 nitrogen and oxygen atoms in total. The number of nitrogens with zero attached hydrogens (tertiary/aromatic N) is 2. The van der Waals surface area contributed by atoms with Crippen LogP contribution >= 0.6 is 0 Å². The van der Waals surface area contributed by atoms with Crippen molar-refractivity contribution in [3.05, 3.63) is 17.5 Å². The highest BCUT2D eigenvalue weighted by Crippen LogP contribution is 2.25. The zero-order chi connectivity index (χ0) is 13.7. The van der Waals surface area contributed by atoms with Crippen LogP contribution in [0, 0.1) is 0 Å². The number of hydrogen-bond acceptors (Lipinski definition) is 4. The van der Waals surface area contributed by atoms with Crippen LogP contribution < -0.4 is 5.73 Å². The first-order valence-corrected chi connectivity index (χ1v) is 7.20. The second kappa shape index (κ2) is 6.50. The van der Waals surface area contributed by atoms with Crippen molar-refractivity contribution in [2.45, 2.75) is 51.9 Å². The van der Waals surface area contributed by atoms with Gasteiger partial charge >= 0.3 is 0 Å². The Morgan fingerprint density at radius 1 is 1.42 bits per heavy atom. The smallest absolute Gasteiger partial charge is 0.0893 e. The van der Waals surface area contributed by atoms with E-state index in [0.717, 1.165) is 50.4 Å². The lowest BCUT2D eigenvalue weighted by atomic mass is 9.94. The maximum atomic E-state index is 6.14. The highest BCUT2D eigenvalue weighted by molar-refractivity contribution is 5.09. The molecule has 19 heavy (non-hydrogen) atoms. The Hall–Kier alpha value is -0.910. The van der Waals surface area contributed by atoms with Crippen molar-refractivity contribution in [1.29, 1.82) is 0 Å². The number of nitrogens with two attached hydrogens (primary N) is 1. The van der Waals surface area contributed by atoms with Crippen LogP contribution in [0.4, 0.5) is 0 Å². The molecule has 0 aromatic carbocycles. The molecule has 2 rings (SSSR count). The van der Waals surface area contributed by atoms with Crippen LogP contribution in [-0.4, -0.2) is 35.1 Å². The predicted molar refractivity (Wildman–Crippen MR) is 73.9 cm³/mol. The Balaban J connectivity index is 2.02. The monoisotopic (exact) mass is 267 g/mol. The molecule has 1 aromatic rings. The van der Waals surface area contributed by atoms with E-state index in [1.54, 1.807) is 0 Å². The summed E-state index contributed by atoms with van der Waals surface area (Å²) in [5.74, 6) is 0. The Morgan fingerprint density at radius 2 is 2.16 bits per heavy atom. The largest absolute Gasteiger partial charge is 0.381 e. The average Bonchev–Trinajstić information content (AvgIpc) is 2.88. The molecule has 2 heterocycles. The summed E-state index contributed by atoms with van der Waals surface area (Å²) in [4.78, 5) is 0. The minimum Gasteiger partial charge on any atom is -0.381 e. The summed E-state index contributed by atoms with van der Waals surface area (Å²) < 4.78 is 13.5. The molecule has 1 saturated heterocycles. The Kier molecular flexibility index (Phi) is 4.96. The van der Waals surface area contributed by atoms with Gasteiger partial charge in [-0.05, 0) is 19.4 Å². The van der Waals surface area contributed by atoms with Crippen LogP contribution in [0.2, 0.25) is 0 Å². The van der Waals surface area contributed by atoms with Gasteiger partial charge in [0.05, 0.1) is 23.6 Å². The van der Waals surface area contributed by atoms with Crippen molar-refractivity contribution in [3.8, 4) is 0 Å². The van der Waals surface area contributed by atoms with Crippen molar-refractivity contribution >= 4 is 0 Å². The van der Waals surface area contributed by atoms with Gasteiger partial charge in [-0.3, -0.25) is 4.68 Å². The molecule has 0 radical (unpaired) electrons. The molecule has 2 N–H and O–H groups in total. The van der Waals surface area contributed by atoms with Gasteiger partial charge in [0.25, 0.3) is 0 Å². The normalized spacial score (nSPS) is 18.7. The molecule has 0 spiro atoms. The van der Waals surface area contributed by atoms with Crippen LogP contribution in [0.1, 0.15) is 38.1 Å². The number of hydrogen-bond donors (Lipinski definition) is 1. The van der Waals surface area contributed by atoms with Gasteiger partial charge in [0.15, 0.2) is 0 Å². The van der Waals surface area contributed by atoms with E-state index in [9.17, 15) is 0 Å². The van der Waals surface area contributed by atoms with Crippen molar-refractivity contribution in [3.63, 3.8) is 0 Å². The SMILES string of the molecule is CCc1cc(COC2(CN)CCOCC2)n(CC)n1. The summed E-state index contributed by atoms with van der Waals surface area (Å²) in [6, 6.07) is 2.13. The van der Waals surface area contributed by atoms with Crippen LogP contribution in [0.5, 0.6) is 0 Å². The average molecular weight is 267 g/mol. The molecule has 0 atom stereocenters. The third-order valence-corrected chi connectivity index (χ3v) is 3.88. The highest BCUT2D eigenvalue weighted by Gasteiger charge is 2.32. The number of aromatic nitrogens is 2. The van der Waals surface area contributed by atoms with Gasteiger partial charge in [0, 0.05) is 39.1 Å². The molecule has 0 unspecified atom stereocenters. The maximum absolute atomic E-state index is 6.14. The van der Waals surface area contributed by atoms with Gasteiger partial charge in [0.2, 0.25) is 0 Å². The molecule has 0 saturated carbocycles. The summed E-state index contributed by atoms with van der Waals surface area (Å²) in [7, 11) is 0. The third kappa shape index (κ3) is 3.35. The van der Waals surface area contributed by atoms with E-state index >= 15 is 0 Å². The predicted octanol–water partition coefficient (Wildman–Crippen LogP) is 1.49. The summed E-state index contributed by atoms with van der Waals surface area (Å²) in [5, 5.41) is 4.54. The first kappa shape index (κ1) is 14.5. The second-order valence-electron chi connectivity index (χ2n) is 5.08. The van der Waals surface area contributed by atoms with Crippen LogP contribution in [0.3, 0.4) is 0 Å². The maximum Gasteiger partial charge on any atom is 0.0893 e. The fourth-order valence-corrected chi connectivity index (χ4v) is 2.46. The zero-order valence-corrected chi connectivity index (χ0v) is 12.0. The first-order chi connectivity index (χ1) is 9.23. The summed E-state index contributed by atoms with van der Waals surface area (Å²) in [5.41, 5.74) is 7.94. The standard InChI is InChI=1S/C14H25N3O2/c1-3-12-9-13(17(4-2)16-12)10-19-14(11-15)5-7-18-8-6-14/h9H,3-8,10-11,15H2,1-2H3. The molecule has 1 fully saturated rings. The molecule has 0 amide bonds. The minimum absolute atomic E-state index is 0.215. The van der Waals surface area contributed by atoms with E-state index in [4.69, 9.17) is 15.2 Å². The van der Waals surface area contributed by atoms with Gasteiger partial charge in [-0.2, -0.15) is 5.10 Å². The summed E-state index contributed by atoms with van der Waals surface area (Å²) in [6.45, 7) is 7.71. The van der Waals surface area contributed by atoms with Crippen LogP contribution in [-0.2, 0) is 29.0 Å². The van der Waals surface area contributed by atoms with E-state index in [0.29, 0.717) is 13.2 Å². The van der Waals surface area contributed by atoms with E-state index < -0.39 is 0 Å². The topological polar surface area (TPSA) is 62.3 Å². The highest BCUT2D eigenvalue weighted by atomic mass is 16.5. The molecular formula is C14H25N3O2. The van der Waals surface area contributed by atoms with E-state index in [-0.39, 0.29) is 5.60 Å². The van der Waals surface area contributed by atoms with Crippen LogP contribution in [0.25, 0.3) is 0 Å². The van der Waals surface area contributed by atoms with Crippen molar-refractivity contribution in [2.75, 3.05) is 19.8 Å². The number of ether oxygens (including phenoxy) is 2. The molecule has 0 aliphatic carbocycles. The van der Waals surface area contributed by atoms with Crippen molar-refractivity contribution in [1.82, 2.24) is 9.78 Å². The van der Waals surface area contributed by atoms with E-state index in [2.05, 4.69) is 25.0 Å². The van der Waals surface area contributed by atoms with Gasteiger partial charge in [-0.1, -0.05) is 6.92 Å². The van der Waals surface area contributed by atoms with Gasteiger partial charge in [-0.15, -0.1) is 0 Å². The molecule has 108 valence electrons. The van der Waals surface area contributed by atoms with E-state index in [1.165, 1.54) is 0 Å². The summed E-state index contributed by atoms with van der Waals surface area (Å²) in [6.07, 6.45) is 2.71. The molecule has 1 aliphatic rings. The van der Waals surface area contributed by atoms with Gasteiger partial charge < -0.3 is 15.2 Å². The van der Waals surface area contributed by atoms with Crippen molar-refractivity contribution in [2.24, 2.45) is 5.73 Å². The fourth-order valence-electron chi connectivity index (χ4n) is 2.46. The van der Waals surface area contributed by atoms with Gasteiger partial charge in [-0.25, -0.2) is 0 Å². The minimum atomic E-state index is -0.215. The molecule has 0 bridgehead atoms. The van der Waals surface area contributed by atoms with Gasteiger partial charge in [0.1, 0.15) is 0 Å². The Labute approximate surface area is 115 Å². The Bertz CT molecular complexity index is 397. The van der Waals surface area contributed by atoms with Crippen molar-refractivity contribution < 1.29 is 9.47 Å². The second-order valence-corrected chi connectivity index (χ2v) is 5.08. The molecule has 1 aliphatic heterocycles. The molecule has 1 aromatic heterocycles. The fraction of sp³-hybridized carbons (Fsp3) is 0.786. The lowest BCUT2D eigenvalue weighted by molar-refractivity contribution is -0.114.